The van der Waals surface area contributed by atoms with Crippen LogP contribution in [0.3, 0.4) is 0 Å². The molecule has 7 nitrogen and oxygen atoms in total. The summed E-state index contributed by atoms with van der Waals surface area (Å²) in [6.07, 6.45) is 1.79. The van der Waals surface area contributed by atoms with Gasteiger partial charge in [0.2, 0.25) is 0 Å². The molecule has 1 fully saturated rings. The average Bonchev–Trinajstić information content (AvgIpc) is 2.79. The lowest BCUT2D eigenvalue weighted by Gasteiger charge is -2.35. The van der Waals surface area contributed by atoms with Gasteiger partial charge in [-0.3, -0.25) is 9.69 Å². The van der Waals surface area contributed by atoms with Gasteiger partial charge in [-0.2, -0.15) is 0 Å². The van der Waals surface area contributed by atoms with Crippen LogP contribution in [0.5, 0.6) is 5.75 Å². The molecule has 1 aliphatic rings. The highest BCUT2D eigenvalue weighted by Gasteiger charge is 2.18. The number of rotatable bonds is 6. The first-order valence-corrected chi connectivity index (χ1v) is 10.8. The number of ether oxygens (including phenoxy) is 1. The van der Waals surface area contributed by atoms with Crippen molar-refractivity contribution in [3.63, 3.8) is 0 Å². The predicted molar refractivity (Wildman–Crippen MR) is 123 cm³/mol. The molecule has 0 radical (unpaired) electrons. The zero-order valence-corrected chi connectivity index (χ0v) is 18.4. The van der Waals surface area contributed by atoms with Crippen molar-refractivity contribution in [2.24, 2.45) is 0 Å². The fraction of sp³-hybridized carbons (Fsp3) is 0.375. The molecule has 3 aromatic rings. The van der Waals surface area contributed by atoms with E-state index in [4.69, 9.17) is 4.74 Å². The fourth-order valence-corrected chi connectivity index (χ4v) is 3.75. The van der Waals surface area contributed by atoms with Gasteiger partial charge in [0, 0.05) is 55.7 Å². The first kappa shape index (κ1) is 21.1. The van der Waals surface area contributed by atoms with Crippen molar-refractivity contribution in [1.82, 2.24) is 19.9 Å². The number of H-pyrrole nitrogens is 1. The lowest BCUT2D eigenvalue weighted by Crippen LogP contribution is -2.46. The van der Waals surface area contributed by atoms with E-state index < -0.39 is 0 Å². The summed E-state index contributed by atoms with van der Waals surface area (Å²) < 4.78 is 5.52. The van der Waals surface area contributed by atoms with E-state index in [2.05, 4.69) is 36.9 Å². The first-order chi connectivity index (χ1) is 15.0. The monoisotopic (exact) mass is 419 g/mol. The summed E-state index contributed by atoms with van der Waals surface area (Å²) >= 11 is 0. The second-order valence-electron chi connectivity index (χ2n) is 7.87. The van der Waals surface area contributed by atoms with Crippen molar-refractivity contribution < 1.29 is 4.74 Å². The van der Waals surface area contributed by atoms with Gasteiger partial charge in [0.1, 0.15) is 17.4 Å². The van der Waals surface area contributed by atoms with Gasteiger partial charge in [0.25, 0.3) is 5.56 Å². The minimum Gasteiger partial charge on any atom is -0.494 e. The minimum atomic E-state index is -0.102. The fourth-order valence-electron chi connectivity index (χ4n) is 3.75. The average molecular weight is 420 g/mol. The first-order valence-electron chi connectivity index (χ1n) is 10.8. The summed E-state index contributed by atoms with van der Waals surface area (Å²) in [6, 6.07) is 12.3. The van der Waals surface area contributed by atoms with Crippen LogP contribution in [-0.2, 0) is 6.54 Å². The van der Waals surface area contributed by atoms with Crippen LogP contribution in [0, 0.1) is 13.8 Å². The minimum absolute atomic E-state index is 0.102. The molecule has 0 saturated carbocycles. The van der Waals surface area contributed by atoms with E-state index in [0.717, 1.165) is 55.5 Å². The number of aromatic nitrogens is 3. The zero-order valence-electron chi connectivity index (χ0n) is 18.4. The molecule has 4 rings (SSSR count). The van der Waals surface area contributed by atoms with Crippen molar-refractivity contribution in [3.05, 3.63) is 69.8 Å². The number of benzene rings is 1. The normalized spacial score (nSPS) is 14.6. The number of nitrogens with one attached hydrogen (secondary N) is 1. The quantitative estimate of drug-likeness (QED) is 0.662. The Bertz CT molecular complexity index is 1070. The lowest BCUT2D eigenvalue weighted by atomic mass is 10.2. The van der Waals surface area contributed by atoms with Crippen molar-refractivity contribution in [2.45, 2.75) is 27.3 Å². The summed E-state index contributed by atoms with van der Waals surface area (Å²) in [5.41, 5.74) is 3.41. The third kappa shape index (κ3) is 4.94. The second-order valence-corrected chi connectivity index (χ2v) is 7.87. The standard InChI is InChI=1S/C24H29N5O2/c1-4-31-21-8-5-19(6-9-21)16-28-11-13-29(14-12-28)22-10-7-20(15-25-22)23-26-18(3)17(2)24(30)27-23/h5-10,15H,4,11-14,16H2,1-3H3,(H,26,27,30). The van der Waals surface area contributed by atoms with Gasteiger partial charge in [-0.25, -0.2) is 9.97 Å². The summed E-state index contributed by atoms with van der Waals surface area (Å²) in [7, 11) is 0. The van der Waals surface area contributed by atoms with Crippen LogP contribution in [0.1, 0.15) is 23.7 Å². The maximum absolute atomic E-state index is 12.0. The Kier molecular flexibility index (Phi) is 6.32. The summed E-state index contributed by atoms with van der Waals surface area (Å²) in [5, 5.41) is 0. The van der Waals surface area contributed by atoms with Crippen LogP contribution in [0.15, 0.2) is 47.4 Å². The molecule has 0 bridgehead atoms. The number of hydrogen-bond donors (Lipinski definition) is 1. The molecule has 0 unspecified atom stereocenters. The predicted octanol–water partition coefficient (Wildman–Crippen LogP) is 3.17. The Hall–Kier alpha value is -3.19. The molecule has 31 heavy (non-hydrogen) atoms. The van der Waals surface area contributed by atoms with Gasteiger partial charge < -0.3 is 14.6 Å². The largest absolute Gasteiger partial charge is 0.494 e. The van der Waals surface area contributed by atoms with Crippen LogP contribution >= 0.6 is 0 Å². The maximum atomic E-state index is 12.0. The third-order valence-electron chi connectivity index (χ3n) is 5.75. The van der Waals surface area contributed by atoms with E-state index in [-0.39, 0.29) is 5.56 Å². The summed E-state index contributed by atoms with van der Waals surface area (Å²) in [4.78, 5) is 28.7. The number of aryl methyl sites for hydroxylation is 1. The van der Waals surface area contributed by atoms with Crippen molar-refractivity contribution in [1.29, 1.82) is 0 Å². The molecule has 1 saturated heterocycles. The van der Waals surface area contributed by atoms with E-state index in [1.807, 2.05) is 38.1 Å². The van der Waals surface area contributed by atoms with E-state index in [1.165, 1.54) is 5.56 Å². The van der Waals surface area contributed by atoms with E-state index in [0.29, 0.717) is 18.0 Å². The molecule has 1 aromatic carbocycles. The Balaban J connectivity index is 1.35. The highest BCUT2D eigenvalue weighted by Crippen LogP contribution is 2.20. The SMILES string of the molecule is CCOc1ccc(CN2CCN(c3ccc(-c4nc(C)c(C)c(=O)[nH]4)cn3)CC2)cc1. The zero-order chi connectivity index (χ0) is 21.8. The highest BCUT2D eigenvalue weighted by atomic mass is 16.5. The Morgan fingerprint density at radius 3 is 2.39 bits per heavy atom. The molecule has 3 heterocycles. The van der Waals surface area contributed by atoms with Gasteiger partial charge >= 0.3 is 0 Å². The molecular weight excluding hydrogens is 390 g/mol. The molecule has 7 heteroatoms. The molecule has 0 spiro atoms. The van der Waals surface area contributed by atoms with Crippen LogP contribution < -0.4 is 15.2 Å². The van der Waals surface area contributed by atoms with Crippen LogP contribution in [0.4, 0.5) is 5.82 Å². The van der Waals surface area contributed by atoms with Gasteiger partial charge in [-0.1, -0.05) is 12.1 Å². The Morgan fingerprint density at radius 2 is 1.77 bits per heavy atom. The molecule has 0 amide bonds. The number of piperazine rings is 1. The number of hydrogen-bond acceptors (Lipinski definition) is 6. The van der Waals surface area contributed by atoms with E-state index in [9.17, 15) is 4.79 Å². The number of aromatic amines is 1. The van der Waals surface area contributed by atoms with Crippen molar-refractivity contribution in [3.8, 4) is 17.1 Å². The Labute approximate surface area is 182 Å². The second kappa shape index (κ2) is 9.31. The summed E-state index contributed by atoms with van der Waals surface area (Å²) in [6.45, 7) is 11.1. The van der Waals surface area contributed by atoms with Crippen molar-refractivity contribution >= 4 is 5.82 Å². The smallest absolute Gasteiger partial charge is 0.254 e. The molecule has 162 valence electrons. The lowest BCUT2D eigenvalue weighted by molar-refractivity contribution is 0.249. The van der Waals surface area contributed by atoms with Crippen LogP contribution in [0.25, 0.3) is 11.4 Å². The van der Waals surface area contributed by atoms with Crippen LogP contribution in [-0.4, -0.2) is 52.6 Å². The Morgan fingerprint density at radius 1 is 1.03 bits per heavy atom. The molecule has 0 aliphatic carbocycles. The highest BCUT2D eigenvalue weighted by molar-refractivity contribution is 5.56. The van der Waals surface area contributed by atoms with Gasteiger partial charge in [-0.05, 0) is 50.6 Å². The molecule has 0 atom stereocenters. The van der Waals surface area contributed by atoms with Crippen molar-refractivity contribution in [2.75, 3.05) is 37.7 Å². The number of nitrogens with zero attached hydrogens (tertiary/aromatic N) is 4. The van der Waals surface area contributed by atoms with E-state index >= 15 is 0 Å². The molecule has 2 aromatic heterocycles. The topological polar surface area (TPSA) is 74.3 Å². The van der Waals surface area contributed by atoms with Gasteiger partial charge in [0.05, 0.1) is 6.61 Å². The maximum Gasteiger partial charge on any atom is 0.254 e. The van der Waals surface area contributed by atoms with Gasteiger partial charge in [0.15, 0.2) is 0 Å². The van der Waals surface area contributed by atoms with Gasteiger partial charge in [-0.15, -0.1) is 0 Å². The van der Waals surface area contributed by atoms with E-state index in [1.54, 1.807) is 13.1 Å². The number of anilines is 1. The third-order valence-corrected chi connectivity index (χ3v) is 5.75. The molecule has 1 N–H and O–H groups in total. The summed E-state index contributed by atoms with van der Waals surface area (Å²) in [5.74, 6) is 2.44. The van der Waals surface area contributed by atoms with Crippen LogP contribution in [0.2, 0.25) is 0 Å². The molecule has 1 aliphatic heterocycles. The molecular formula is C24H29N5O2. The number of pyridine rings is 1.